The smallest absolute Gasteiger partial charge is 0.119 e. The Bertz CT molecular complexity index is 690. The van der Waals surface area contributed by atoms with Gasteiger partial charge < -0.3 is 4.74 Å². The summed E-state index contributed by atoms with van der Waals surface area (Å²) in [6, 6.07) is 17.1. The normalized spacial score (nSPS) is 9.33. The molecule has 0 saturated heterocycles. The second-order valence-corrected chi connectivity index (χ2v) is 4.70. The van der Waals surface area contributed by atoms with Crippen LogP contribution in [0.1, 0.15) is 23.1 Å². The molecule has 0 spiro atoms. The van der Waals surface area contributed by atoms with Gasteiger partial charge in [0.25, 0.3) is 0 Å². The number of ether oxygens (including phenoxy) is 1. The van der Waals surface area contributed by atoms with Crippen molar-refractivity contribution in [2.45, 2.75) is 13.0 Å². The van der Waals surface area contributed by atoms with Crippen molar-refractivity contribution in [3.63, 3.8) is 0 Å². The second kappa shape index (κ2) is 8.00. The fourth-order valence-corrected chi connectivity index (χ4v) is 1.86. The molecule has 0 amide bonds. The van der Waals surface area contributed by atoms with Gasteiger partial charge in [0, 0.05) is 23.4 Å². The van der Waals surface area contributed by atoms with E-state index in [0.29, 0.717) is 24.5 Å². The zero-order chi connectivity index (χ0) is 14.9. The van der Waals surface area contributed by atoms with Crippen molar-refractivity contribution in [1.29, 1.82) is 5.26 Å². The van der Waals surface area contributed by atoms with Gasteiger partial charge in [0.15, 0.2) is 0 Å². The highest BCUT2D eigenvalue weighted by Gasteiger charge is 2.01. The number of benzene rings is 2. The van der Waals surface area contributed by atoms with Gasteiger partial charge in [-0.3, -0.25) is 0 Å². The number of nitrogens with zero attached hydrogens (tertiary/aromatic N) is 1. The Balaban J connectivity index is 1.98. The van der Waals surface area contributed by atoms with Crippen LogP contribution in [-0.2, 0) is 6.61 Å². The summed E-state index contributed by atoms with van der Waals surface area (Å²) in [4.78, 5) is 0. The summed E-state index contributed by atoms with van der Waals surface area (Å²) >= 11 is 5.57. The topological polar surface area (TPSA) is 33.0 Å². The van der Waals surface area contributed by atoms with Crippen molar-refractivity contribution in [2.75, 3.05) is 5.88 Å². The van der Waals surface area contributed by atoms with Gasteiger partial charge in [0.1, 0.15) is 12.4 Å². The van der Waals surface area contributed by atoms with Crippen LogP contribution < -0.4 is 4.74 Å². The average molecular weight is 296 g/mol. The summed E-state index contributed by atoms with van der Waals surface area (Å²) in [5.41, 5.74) is 2.46. The van der Waals surface area contributed by atoms with E-state index >= 15 is 0 Å². The van der Waals surface area contributed by atoms with E-state index < -0.39 is 0 Å². The van der Waals surface area contributed by atoms with Crippen LogP contribution in [0.25, 0.3) is 0 Å². The molecule has 2 rings (SSSR count). The zero-order valence-electron chi connectivity index (χ0n) is 11.5. The highest BCUT2D eigenvalue weighted by molar-refractivity contribution is 6.18. The molecule has 0 aromatic heterocycles. The number of rotatable bonds is 4. The molecule has 21 heavy (non-hydrogen) atoms. The van der Waals surface area contributed by atoms with Crippen molar-refractivity contribution in [3.05, 3.63) is 65.2 Å². The number of halogens is 1. The molecule has 0 heterocycles. The Morgan fingerprint density at radius 3 is 2.52 bits per heavy atom. The van der Waals surface area contributed by atoms with E-state index in [1.165, 1.54) is 0 Å². The summed E-state index contributed by atoms with van der Waals surface area (Å²) in [6.45, 7) is 0.376. The molecule has 0 aliphatic carbocycles. The molecule has 2 aromatic rings. The maximum Gasteiger partial charge on any atom is 0.119 e. The maximum absolute atomic E-state index is 9.02. The quantitative estimate of drug-likeness (QED) is 0.628. The second-order valence-electron chi connectivity index (χ2n) is 4.32. The zero-order valence-corrected chi connectivity index (χ0v) is 12.2. The standard InChI is InChI=1S/C18H14ClNO/c19-12-4-3-5-15-8-10-18(11-9-15)21-14-17-7-2-1-6-16(17)13-20/h1-2,6-11H,4,12,14H2. The van der Waals surface area contributed by atoms with Crippen molar-refractivity contribution < 1.29 is 4.74 Å². The van der Waals surface area contributed by atoms with Crippen molar-refractivity contribution in [3.8, 4) is 23.7 Å². The molecule has 104 valence electrons. The first kappa shape index (κ1) is 15.0. The molecule has 0 unspecified atom stereocenters. The summed E-state index contributed by atoms with van der Waals surface area (Å²) in [5, 5.41) is 9.02. The van der Waals surface area contributed by atoms with Crippen LogP contribution in [-0.4, -0.2) is 5.88 Å². The van der Waals surface area contributed by atoms with Crippen LogP contribution in [0.5, 0.6) is 5.75 Å². The van der Waals surface area contributed by atoms with Crippen LogP contribution in [0.3, 0.4) is 0 Å². The molecule has 2 nitrogen and oxygen atoms in total. The van der Waals surface area contributed by atoms with Crippen LogP contribution in [0.4, 0.5) is 0 Å². The molecular formula is C18H14ClNO. The van der Waals surface area contributed by atoms with E-state index in [0.717, 1.165) is 16.9 Å². The van der Waals surface area contributed by atoms with E-state index in [1.807, 2.05) is 42.5 Å². The molecule has 0 atom stereocenters. The third-order valence-corrected chi connectivity index (χ3v) is 3.03. The Hall–Kier alpha value is -2.42. The number of hydrogen-bond acceptors (Lipinski definition) is 2. The minimum Gasteiger partial charge on any atom is -0.489 e. The summed E-state index contributed by atoms with van der Waals surface area (Å²) < 4.78 is 5.69. The largest absolute Gasteiger partial charge is 0.489 e. The van der Waals surface area contributed by atoms with E-state index in [-0.39, 0.29) is 0 Å². The van der Waals surface area contributed by atoms with Gasteiger partial charge >= 0.3 is 0 Å². The van der Waals surface area contributed by atoms with E-state index in [1.54, 1.807) is 6.07 Å². The van der Waals surface area contributed by atoms with Crippen LogP contribution in [0.2, 0.25) is 0 Å². The fourth-order valence-electron chi connectivity index (χ4n) is 1.76. The van der Waals surface area contributed by atoms with Crippen molar-refractivity contribution in [2.24, 2.45) is 0 Å². The molecule has 0 radical (unpaired) electrons. The van der Waals surface area contributed by atoms with E-state index in [2.05, 4.69) is 17.9 Å². The Morgan fingerprint density at radius 2 is 1.81 bits per heavy atom. The summed E-state index contributed by atoms with van der Waals surface area (Å²) in [6.07, 6.45) is 0.685. The SMILES string of the molecule is N#Cc1ccccc1COc1ccc(C#CCCCl)cc1. The van der Waals surface area contributed by atoms with Gasteiger partial charge in [-0.25, -0.2) is 0 Å². The van der Waals surface area contributed by atoms with Crippen LogP contribution >= 0.6 is 11.6 Å². The molecule has 3 heteroatoms. The molecular weight excluding hydrogens is 282 g/mol. The van der Waals surface area contributed by atoms with Gasteiger partial charge in [-0.2, -0.15) is 5.26 Å². The number of alkyl halides is 1. The first-order valence-corrected chi connectivity index (χ1v) is 7.12. The average Bonchev–Trinajstić information content (AvgIpc) is 2.54. The Morgan fingerprint density at radius 1 is 1.05 bits per heavy atom. The number of hydrogen-bond donors (Lipinski definition) is 0. The van der Waals surface area contributed by atoms with Gasteiger partial charge in [0.2, 0.25) is 0 Å². The minimum atomic E-state index is 0.376. The van der Waals surface area contributed by atoms with Gasteiger partial charge in [-0.15, -0.1) is 11.6 Å². The molecule has 0 aliphatic heterocycles. The predicted molar refractivity (Wildman–Crippen MR) is 84.1 cm³/mol. The lowest BCUT2D eigenvalue weighted by molar-refractivity contribution is 0.306. The third kappa shape index (κ3) is 4.56. The predicted octanol–water partition coefficient (Wildman–Crippen LogP) is 4.12. The maximum atomic E-state index is 9.02. The highest BCUT2D eigenvalue weighted by atomic mass is 35.5. The lowest BCUT2D eigenvalue weighted by Gasteiger charge is -2.07. The van der Waals surface area contributed by atoms with Crippen LogP contribution in [0, 0.1) is 23.2 Å². The lowest BCUT2D eigenvalue weighted by atomic mass is 10.1. The van der Waals surface area contributed by atoms with Gasteiger partial charge in [-0.1, -0.05) is 30.0 Å². The van der Waals surface area contributed by atoms with Gasteiger partial charge in [-0.05, 0) is 30.3 Å². The first-order chi connectivity index (χ1) is 10.3. The van der Waals surface area contributed by atoms with Crippen LogP contribution in [0.15, 0.2) is 48.5 Å². The van der Waals surface area contributed by atoms with Crippen molar-refractivity contribution >= 4 is 11.6 Å². The molecule has 0 bridgehead atoms. The fraction of sp³-hybridized carbons (Fsp3) is 0.167. The third-order valence-electron chi connectivity index (χ3n) is 2.84. The lowest BCUT2D eigenvalue weighted by Crippen LogP contribution is -1.98. The molecule has 0 fully saturated rings. The minimum absolute atomic E-state index is 0.376. The summed E-state index contributed by atoms with van der Waals surface area (Å²) in [5.74, 6) is 7.32. The highest BCUT2D eigenvalue weighted by Crippen LogP contribution is 2.15. The molecule has 0 aliphatic rings. The number of nitriles is 1. The van der Waals surface area contributed by atoms with E-state index in [4.69, 9.17) is 21.6 Å². The summed E-state index contributed by atoms with van der Waals surface area (Å²) in [7, 11) is 0. The molecule has 0 saturated carbocycles. The monoisotopic (exact) mass is 295 g/mol. The first-order valence-electron chi connectivity index (χ1n) is 6.59. The van der Waals surface area contributed by atoms with Gasteiger partial charge in [0.05, 0.1) is 11.6 Å². The Labute approximate surface area is 129 Å². The van der Waals surface area contributed by atoms with E-state index in [9.17, 15) is 0 Å². The molecule has 2 aromatic carbocycles. The van der Waals surface area contributed by atoms with Crippen molar-refractivity contribution in [1.82, 2.24) is 0 Å². The molecule has 0 N–H and O–H groups in total. The Kier molecular flexibility index (Phi) is 5.71.